The monoisotopic (exact) mass is 258 g/mol. The summed E-state index contributed by atoms with van der Waals surface area (Å²) in [5.41, 5.74) is 2.45. The van der Waals surface area contributed by atoms with Crippen molar-refractivity contribution >= 4 is 23.1 Å². The minimum Gasteiger partial charge on any atom is -0.380 e. The van der Waals surface area contributed by atoms with Crippen molar-refractivity contribution in [1.82, 2.24) is 0 Å². The maximum atomic E-state index is 11.2. The molecule has 0 amide bonds. The molecule has 0 atom stereocenters. The fourth-order valence-electron chi connectivity index (χ4n) is 1.63. The molecule has 91 valence electrons. The first-order valence-electron chi connectivity index (χ1n) is 5.60. The molecule has 0 spiro atoms. The summed E-state index contributed by atoms with van der Waals surface area (Å²) in [6.45, 7) is 4.05. The highest BCUT2D eigenvalue weighted by atomic mass is 35.5. The van der Waals surface area contributed by atoms with Crippen molar-refractivity contribution in [1.29, 1.82) is 0 Å². The van der Waals surface area contributed by atoms with E-state index in [1.807, 2.05) is 30.3 Å². The van der Waals surface area contributed by atoms with E-state index in [1.165, 1.54) is 0 Å². The number of rotatable bonds is 4. The molecule has 0 aliphatic rings. The Balaban J connectivity index is 2.14. The van der Waals surface area contributed by atoms with E-state index in [-0.39, 0.29) is 5.78 Å². The SMILES string of the molecule is [CH2]C(=O)c1ccc(Cl)c(NCc2ccccc2)c1. The second-order valence-corrected chi connectivity index (χ2v) is 4.36. The van der Waals surface area contributed by atoms with Crippen molar-refractivity contribution in [3.8, 4) is 0 Å². The molecule has 0 fully saturated rings. The molecule has 0 saturated heterocycles. The number of carbonyl (C=O) groups is 1. The van der Waals surface area contributed by atoms with Crippen LogP contribution in [0.4, 0.5) is 5.69 Å². The molecule has 0 unspecified atom stereocenters. The quantitative estimate of drug-likeness (QED) is 0.841. The molecule has 0 heterocycles. The Labute approximate surface area is 112 Å². The van der Waals surface area contributed by atoms with E-state index in [9.17, 15) is 4.79 Å². The Bertz CT molecular complexity index is 552. The Hall–Kier alpha value is -1.80. The van der Waals surface area contributed by atoms with Gasteiger partial charge in [-0.3, -0.25) is 4.79 Å². The van der Waals surface area contributed by atoms with Gasteiger partial charge in [0.15, 0.2) is 5.78 Å². The zero-order chi connectivity index (χ0) is 13.0. The van der Waals surface area contributed by atoms with Crippen LogP contribution in [0.2, 0.25) is 5.02 Å². The minimum atomic E-state index is -0.213. The van der Waals surface area contributed by atoms with Gasteiger partial charge in [-0.25, -0.2) is 0 Å². The number of nitrogens with one attached hydrogen (secondary N) is 1. The molecule has 0 aliphatic carbocycles. The summed E-state index contributed by atoms with van der Waals surface area (Å²) in [5.74, 6) is -0.213. The van der Waals surface area contributed by atoms with Gasteiger partial charge in [0.25, 0.3) is 0 Å². The van der Waals surface area contributed by atoms with E-state index < -0.39 is 0 Å². The number of hydrogen-bond acceptors (Lipinski definition) is 2. The third kappa shape index (κ3) is 3.11. The number of ketones is 1. The molecule has 0 aromatic heterocycles. The van der Waals surface area contributed by atoms with Gasteiger partial charge in [-0.1, -0.05) is 41.9 Å². The lowest BCUT2D eigenvalue weighted by Crippen LogP contribution is -2.01. The molecule has 2 aromatic carbocycles. The van der Waals surface area contributed by atoms with Crippen LogP contribution in [0.5, 0.6) is 0 Å². The molecule has 2 aromatic rings. The number of Topliss-reactive ketones (excluding diaryl/α,β-unsaturated/α-hetero) is 1. The van der Waals surface area contributed by atoms with Crippen LogP contribution in [-0.4, -0.2) is 5.78 Å². The highest BCUT2D eigenvalue weighted by Gasteiger charge is 2.05. The van der Waals surface area contributed by atoms with E-state index in [1.54, 1.807) is 18.2 Å². The van der Waals surface area contributed by atoms with Crippen LogP contribution in [0.3, 0.4) is 0 Å². The van der Waals surface area contributed by atoms with E-state index in [2.05, 4.69) is 12.2 Å². The van der Waals surface area contributed by atoms with E-state index in [0.717, 1.165) is 11.3 Å². The number of carbonyl (C=O) groups excluding carboxylic acids is 1. The molecular weight excluding hydrogens is 246 g/mol. The van der Waals surface area contributed by atoms with Gasteiger partial charge in [0.2, 0.25) is 0 Å². The summed E-state index contributed by atoms with van der Waals surface area (Å²) < 4.78 is 0. The molecule has 1 N–H and O–H groups in total. The van der Waals surface area contributed by atoms with Crippen LogP contribution >= 0.6 is 11.6 Å². The van der Waals surface area contributed by atoms with Crippen LogP contribution in [-0.2, 0) is 6.54 Å². The molecule has 3 heteroatoms. The molecule has 0 aliphatic heterocycles. The van der Waals surface area contributed by atoms with Gasteiger partial charge >= 0.3 is 0 Å². The molecular formula is C15H13ClNO. The standard InChI is InChI=1S/C15H13ClNO/c1-11(18)13-7-8-14(16)15(9-13)17-10-12-5-3-2-4-6-12/h2-9,17H,1,10H2. The molecule has 0 bridgehead atoms. The summed E-state index contributed by atoms with van der Waals surface area (Å²) in [6, 6.07) is 15.1. The summed E-state index contributed by atoms with van der Waals surface area (Å²) in [5, 5.41) is 3.81. The average Bonchev–Trinajstić information content (AvgIpc) is 2.38. The highest BCUT2D eigenvalue weighted by molar-refractivity contribution is 6.33. The van der Waals surface area contributed by atoms with Gasteiger partial charge in [0.05, 0.1) is 10.7 Å². The second kappa shape index (κ2) is 5.69. The summed E-state index contributed by atoms with van der Waals surface area (Å²) in [7, 11) is 0. The maximum Gasteiger partial charge on any atom is 0.163 e. The van der Waals surface area contributed by atoms with E-state index in [0.29, 0.717) is 17.1 Å². The minimum absolute atomic E-state index is 0.213. The van der Waals surface area contributed by atoms with Gasteiger partial charge in [-0.2, -0.15) is 0 Å². The van der Waals surface area contributed by atoms with Gasteiger partial charge in [0.1, 0.15) is 0 Å². The lowest BCUT2D eigenvalue weighted by Gasteiger charge is -2.09. The summed E-state index contributed by atoms with van der Waals surface area (Å²) in [4.78, 5) is 11.2. The van der Waals surface area contributed by atoms with Crippen molar-refractivity contribution < 1.29 is 4.79 Å². The Morgan fingerprint density at radius 2 is 1.89 bits per heavy atom. The second-order valence-electron chi connectivity index (χ2n) is 3.96. The Kier molecular flexibility index (Phi) is 4.00. The van der Waals surface area contributed by atoms with Crippen LogP contribution in [0.25, 0.3) is 0 Å². The van der Waals surface area contributed by atoms with Crippen molar-refractivity contribution in [2.75, 3.05) is 5.32 Å². The van der Waals surface area contributed by atoms with Gasteiger partial charge in [-0.15, -0.1) is 0 Å². The topological polar surface area (TPSA) is 29.1 Å². The first-order valence-corrected chi connectivity index (χ1v) is 5.98. The third-order valence-electron chi connectivity index (χ3n) is 2.61. The lowest BCUT2D eigenvalue weighted by molar-refractivity contribution is 0.104. The number of anilines is 1. The van der Waals surface area contributed by atoms with Gasteiger partial charge in [0, 0.05) is 19.0 Å². The van der Waals surface area contributed by atoms with E-state index in [4.69, 9.17) is 11.6 Å². The molecule has 0 saturated carbocycles. The van der Waals surface area contributed by atoms with Gasteiger partial charge < -0.3 is 5.32 Å². The van der Waals surface area contributed by atoms with Crippen LogP contribution < -0.4 is 5.32 Å². The van der Waals surface area contributed by atoms with Crippen molar-refractivity contribution in [2.45, 2.75) is 6.54 Å². The number of benzene rings is 2. The average molecular weight is 259 g/mol. The molecule has 2 rings (SSSR count). The zero-order valence-corrected chi connectivity index (χ0v) is 10.6. The van der Waals surface area contributed by atoms with Crippen LogP contribution in [0.15, 0.2) is 48.5 Å². The van der Waals surface area contributed by atoms with Gasteiger partial charge in [-0.05, 0) is 23.8 Å². The molecule has 2 nitrogen and oxygen atoms in total. The van der Waals surface area contributed by atoms with Crippen molar-refractivity contribution in [3.63, 3.8) is 0 Å². The first kappa shape index (κ1) is 12.7. The predicted molar refractivity (Wildman–Crippen MR) is 74.9 cm³/mol. The summed E-state index contributed by atoms with van der Waals surface area (Å²) >= 11 is 6.07. The third-order valence-corrected chi connectivity index (χ3v) is 2.94. The van der Waals surface area contributed by atoms with Crippen LogP contribution in [0.1, 0.15) is 15.9 Å². The predicted octanol–water partition coefficient (Wildman–Crippen LogP) is 3.97. The smallest absolute Gasteiger partial charge is 0.163 e. The fourth-order valence-corrected chi connectivity index (χ4v) is 1.81. The first-order chi connectivity index (χ1) is 8.66. The summed E-state index contributed by atoms with van der Waals surface area (Å²) in [6.07, 6.45) is 0. The number of halogens is 1. The lowest BCUT2D eigenvalue weighted by atomic mass is 10.1. The Morgan fingerprint density at radius 1 is 1.17 bits per heavy atom. The molecule has 1 radical (unpaired) electrons. The largest absolute Gasteiger partial charge is 0.380 e. The van der Waals surface area contributed by atoms with Crippen molar-refractivity contribution in [3.05, 3.63) is 71.6 Å². The highest BCUT2D eigenvalue weighted by Crippen LogP contribution is 2.23. The van der Waals surface area contributed by atoms with Crippen LogP contribution in [0, 0.1) is 6.92 Å². The molecule has 18 heavy (non-hydrogen) atoms. The Morgan fingerprint density at radius 3 is 2.56 bits per heavy atom. The van der Waals surface area contributed by atoms with E-state index >= 15 is 0 Å². The number of hydrogen-bond donors (Lipinski definition) is 1. The fraction of sp³-hybridized carbons (Fsp3) is 0.0667. The normalized spacial score (nSPS) is 10.1. The zero-order valence-electron chi connectivity index (χ0n) is 9.82. The maximum absolute atomic E-state index is 11.2. The van der Waals surface area contributed by atoms with Crippen molar-refractivity contribution in [2.24, 2.45) is 0 Å².